The summed E-state index contributed by atoms with van der Waals surface area (Å²) in [6.07, 6.45) is 10.1. The number of rotatable bonds is 22. The van der Waals surface area contributed by atoms with Gasteiger partial charge >= 0.3 is 0 Å². The lowest BCUT2D eigenvalue weighted by Crippen LogP contribution is -2.70. The van der Waals surface area contributed by atoms with E-state index in [1.807, 2.05) is 60.4 Å². The third-order valence-electron chi connectivity index (χ3n) is 13.2. The van der Waals surface area contributed by atoms with Gasteiger partial charge in [-0.2, -0.15) is 0 Å². The first kappa shape index (κ1) is 46.4. The molecule has 66 heavy (non-hydrogen) atoms. The van der Waals surface area contributed by atoms with Crippen molar-refractivity contribution in [2.75, 3.05) is 40.3 Å². The minimum Gasteiger partial charge on any atom is -0.496 e. The van der Waals surface area contributed by atoms with Gasteiger partial charge in [-0.15, -0.1) is 6.58 Å². The lowest BCUT2D eigenvalue weighted by Gasteiger charge is -2.60. The summed E-state index contributed by atoms with van der Waals surface area (Å²) < 4.78 is 37.8. The van der Waals surface area contributed by atoms with Crippen molar-refractivity contribution in [3.63, 3.8) is 0 Å². The van der Waals surface area contributed by atoms with Crippen LogP contribution in [0.5, 0.6) is 34.5 Å². The van der Waals surface area contributed by atoms with E-state index in [4.69, 9.17) is 38.4 Å². The van der Waals surface area contributed by atoms with Crippen molar-refractivity contribution < 1.29 is 53.1 Å². The number of unbranched alkanes of at least 4 members (excludes halogenated alkanes) is 2. The molecule has 0 spiro atoms. The molecule has 0 bridgehead atoms. The molecule has 0 saturated heterocycles. The fourth-order valence-electron chi connectivity index (χ4n) is 10.3. The Kier molecular flexibility index (Phi) is 15.1. The predicted octanol–water partition coefficient (Wildman–Crippen LogP) is 9.41. The quantitative estimate of drug-likeness (QED) is 0.0336. The van der Waals surface area contributed by atoms with E-state index >= 15 is 4.79 Å². The second-order valence-corrected chi connectivity index (χ2v) is 17.2. The van der Waals surface area contributed by atoms with Crippen LogP contribution in [0.3, 0.4) is 0 Å². The Hall–Kier alpha value is -6.15. The smallest absolute Gasteiger partial charge is 0.254 e. The molecule has 2 heterocycles. The maximum Gasteiger partial charge on any atom is 0.254 e. The number of nitrogens with zero attached hydrogens (tertiary/aromatic N) is 2. The van der Waals surface area contributed by atoms with Gasteiger partial charge in [-0.05, 0) is 110 Å². The second-order valence-electron chi connectivity index (χ2n) is 17.2. The Balaban J connectivity index is 1.32. The van der Waals surface area contributed by atoms with Crippen LogP contribution in [-0.2, 0) is 16.2 Å². The molecule has 0 radical (unpaired) electrons. The average Bonchev–Trinajstić information content (AvgIpc) is 3.82. The lowest BCUT2D eigenvalue weighted by atomic mass is 9.55. The Morgan fingerprint density at radius 1 is 0.924 bits per heavy atom. The van der Waals surface area contributed by atoms with Gasteiger partial charge < -0.3 is 48.4 Å². The third kappa shape index (κ3) is 9.56. The van der Waals surface area contributed by atoms with Gasteiger partial charge in [0.15, 0.2) is 17.8 Å². The Morgan fingerprint density at radius 3 is 2.44 bits per heavy atom. The van der Waals surface area contributed by atoms with Crippen LogP contribution in [0.1, 0.15) is 96.1 Å². The van der Waals surface area contributed by atoms with Crippen molar-refractivity contribution in [1.29, 1.82) is 0 Å². The van der Waals surface area contributed by atoms with Gasteiger partial charge in [0.2, 0.25) is 12.6 Å². The second kappa shape index (κ2) is 21.4. The van der Waals surface area contributed by atoms with E-state index in [1.165, 1.54) is 7.11 Å². The number of hydrogen-bond donors (Lipinski definition) is 2. The largest absolute Gasteiger partial charge is 0.496 e. The molecule has 6 atom stereocenters. The molecule has 4 aromatic rings. The number of ether oxygens (including phenoxy) is 6. The Bertz CT molecular complexity index is 2400. The number of hydrogen-bond acceptors (Lipinski definition) is 12. The maximum absolute atomic E-state index is 15.2. The molecule has 1 saturated carbocycles. The van der Waals surface area contributed by atoms with Crippen LogP contribution < -0.4 is 23.7 Å². The van der Waals surface area contributed by atoms with Gasteiger partial charge in [0, 0.05) is 43.2 Å². The van der Waals surface area contributed by atoms with E-state index in [9.17, 15) is 15.0 Å². The minimum atomic E-state index is -1.44. The number of aliphatic hydroxyl groups excluding tert-OH is 2. The molecule has 13 heteroatoms. The number of allylic oxidation sites excluding steroid dienone is 1. The normalized spacial score (nSPS) is 22.9. The van der Waals surface area contributed by atoms with Crippen LogP contribution in [0.15, 0.2) is 114 Å². The number of amides is 1. The third-order valence-corrected chi connectivity index (χ3v) is 13.2. The zero-order chi connectivity index (χ0) is 46.0. The van der Waals surface area contributed by atoms with Crippen molar-refractivity contribution in [2.45, 2.75) is 82.6 Å². The standard InChI is InChI=1S/C53H60N2O11/c1-4-23-55(52(59)37-17-20-47-48(29-37)62-34-61-47)49-31-44(54-64-33-35-13-7-6-8-14-35)42-28-36(15-9-11-24-56)41(16-10-12-25-57)50-43-30-40(65-39-18-21-45(60-3)38(27-39)32-58)19-22-46(43)66-53(49,51(42)50)63-26-5-2/h5-8,13-14,17-22,27-30,32,36,41,49-51,56-57H,2,4,9-12,15-16,23-26,31,33-34H2,1,3H3/t36-,41+,49-,50+,51+,53+/m0/s1. The van der Waals surface area contributed by atoms with Crippen LogP contribution in [0.25, 0.3) is 0 Å². The van der Waals surface area contributed by atoms with E-state index in [2.05, 4.69) is 12.7 Å². The van der Waals surface area contributed by atoms with E-state index in [0.717, 1.165) is 48.7 Å². The molecule has 1 fully saturated rings. The monoisotopic (exact) mass is 900 g/mol. The van der Waals surface area contributed by atoms with Gasteiger partial charge in [0.1, 0.15) is 35.6 Å². The van der Waals surface area contributed by atoms with Gasteiger partial charge in [-0.1, -0.05) is 67.4 Å². The molecule has 4 aromatic carbocycles. The zero-order valence-electron chi connectivity index (χ0n) is 37.8. The molecule has 1 amide bonds. The van der Waals surface area contributed by atoms with Gasteiger partial charge in [-0.25, -0.2) is 0 Å². The summed E-state index contributed by atoms with van der Waals surface area (Å²) in [5.74, 6) is 0.707. The molecule has 8 rings (SSSR count). The summed E-state index contributed by atoms with van der Waals surface area (Å²) in [6.45, 7) is 7.08. The lowest BCUT2D eigenvalue weighted by molar-refractivity contribution is -0.254. The first-order valence-corrected chi connectivity index (χ1v) is 23.1. The number of methoxy groups -OCH3 is 1. The molecule has 13 nitrogen and oxygen atoms in total. The first-order chi connectivity index (χ1) is 32.4. The number of carbonyl (C=O) groups excluding carboxylic acids is 2. The highest BCUT2D eigenvalue weighted by Crippen LogP contribution is 2.62. The maximum atomic E-state index is 15.2. The summed E-state index contributed by atoms with van der Waals surface area (Å²) in [5, 5.41) is 25.0. The summed E-state index contributed by atoms with van der Waals surface area (Å²) >= 11 is 0. The molecule has 0 unspecified atom stereocenters. The molecule has 348 valence electrons. The van der Waals surface area contributed by atoms with Crippen LogP contribution >= 0.6 is 0 Å². The van der Waals surface area contributed by atoms with Crippen molar-refractivity contribution in [2.24, 2.45) is 22.9 Å². The van der Waals surface area contributed by atoms with Crippen LogP contribution in [-0.4, -0.2) is 85.1 Å². The molecule has 2 aliphatic carbocycles. The number of aldehydes is 1. The van der Waals surface area contributed by atoms with E-state index in [1.54, 1.807) is 42.5 Å². The van der Waals surface area contributed by atoms with Crippen molar-refractivity contribution >= 4 is 17.9 Å². The highest BCUT2D eigenvalue weighted by Gasteiger charge is 2.65. The summed E-state index contributed by atoms with van der Waals surface area (Å²) in [7, 11) is 1.52. The number of fused-ring (bicyclic) bond motifs is 3. The topological polar surface area (TPSA) is 155 Å². The summed E-state index contributed by atoms with van der Waals surface area (Å²) in [5.41, 5.74) is 4.29. The molecular weight excluding hydrogens is 841 g/mol. The number of oxime groups is 1. The SMILES string of the molecule is C=CCO[C@@]12Oc3ccc(Oc4ccc(OC)c(C=O)c4)cc3[C@H]3[C@H](CCCCO)[C@@H](CCCCO)C=C(C(=NOCc4ccccc4)C[C@@H]1N(CCC)C(=O)c1ccc4c(c1)OCO4)[C@H]32. The van der Waals surface area contributed by atoms with Gasteiger partial charge in [0.25, 0.3) is 5.91 Å². The van der Waals surface area contributed by atoms with Crippen LogP contribution in [0.4, 0.5) is 0 Å². The summed E-state index contributed by atoms with van der Waals surface area (Å²) in [4.78, 5) is 35.3. The van der Waals surface area contributed by atoms with Crippen molar-refractivity contribution in [3.8, 4) is 34.5 Å². The van der Waals surface area contributed by atoms with Crippen molar-refractivity contribution in [1.82, 2.24) is 4.90 Å². The van der Waals surface area contributed by atoms with E-state index in [-0.39, 0.29) is 63.3 Å². The predicted molar refractivity (Wildman–Crippen MR) is 249 cm³/mol. The Morgan fingerprint density at radius 2 is 1.68 bits per heavy atom. The highest BCUT2D eigenvalue weighted by atomic mass is 16.7. The van der Waals surface area contributed by atoms with E-state index in [0.29, 0.717) is 77.1 Å². The zero-order valence-corrected chi connectivity index (χ0v) is 37.8. The van der Waals surface area contributed by atoms with Crippen LogP contribution in [0, 0.1) is 17.8 Å². The number of aliphatic hydroxyl groups is 2. The fraction of sp³-hybridized carbons (Fsp3) is 0.415. The highest BCUT2D eigenvalue weighted by molar-refractivity contribution is 6.03. The van der Waals surface area contributed by atoms with Gasteiger partial charge in [-0.3, -0.25) is 9.59 Å². The number of carbonyl (C=O) groups is 2. The fourth-order valence-corrected chi connectivity index (χ4v) is 10.3. The number of benzene rings is 4. The average molecular weight is 901 g/mol. The minimum absolute atomic E-state index is 0.00525. The van der Waals surface area contributed by atoms with Crippen molar-refractivity contribution in [3.05, 3.63) is 131 Å². The van der Waals surface area contributed by atoms with E-state index < -0.39 is 17.7 Å². The molecule has 2 N–H and O–H groups in total. The van der Waals surface area contributed by atoms with Gasteiger partial charge in [0.05, 0.1) is 30.9 Å². The summed E-state index contributed by atoms with van der Waals surface area (Å²) in [6, 6.07) is 25.3. The molecule has 2 aliphatic heterocycles. The molecule has 0 aromatic heterocycles. The first-order valence-electron chi connectivity index (χ1n) is 23.1. The van der Waals surface area contributed by atoms with Crippen LogP contribution in [0.2, 0.25) is 0 Å². The Labute approximate surface area is 386 Å². The molecular formula is C53H60N2O11. The molecule has 4 aliphatic rings.